The second-order valence-electron chi connectivity index (χ2n) is 6.89. The molecule has 1 aliphatic carbocycles. The van der Waals surface area contributed by atoms with Crippen LogP contribution >= 0.6 is 0 Å². The van der Waals surface area contributed by atoms with Crippen molar-refractivity contribution in [3.8, 4) is 22.8 Å². The maximum absolute atomic E-state index is 11.3. The fraction of sp³-hybridized carbons (Fsp3) is 0.400. The van der Waals surface area contributed by atoms with Crippen molar-refractivity contribution in [3.05, 3.63) is 41.4 Å². The van der Waals surface area contributed by atoms with E-state index in [1.807, 2.05) is 30.3 Å². The van der Waals surface area contributed by atoms with E-state index < -0.39 is 5.91 Å². The van der Waals surface area contributed by atoms with Gasteiger partial charge in [0.2, 0.25) is 5.88 Å². The number of carbonyl (C=O) groups excluding carboxylic acids is 1. The molecule has 0 atom stereocenters. The van der Waals surface area contributed by atoms with E-state index in [0.29, 0.717) is 25.3 Å². The molecule has 27 heavy (non-hydrogen) atoms. The summed E-state index contributed by atoms with van der Waals surface area (Å²) in [4.78, 5) is 26.1. The predicted octanol–water partition coefficient (Wildman–Crippen LogP) is 3.78. The Morgan fingerprint density at radius 1 is 1.15 bits per heavy atom. The van der Waals surface area contributed by atoms with E-state index in [4.69, 9.17) is 9.47 Å². The molecular weight excluding hydrogens is 346 g/mol. The molecule has 1 aromatic carbocycles. The average Bonchev–Trinajstić information content (AvgIpc) is 2.74. The van der Waals surface area contributed by atoms with E-state index in [0.717, 1.165) is 42.0 Å². The number of amides is 1. The summed E-state index contributed by atoms with van der Waals surface area (Å²) in [5.41, 5.74) is 3.04. The maximum Gasteiger partial charge on any atom is 0.289 e. The molecule has 0 radical (unpaired) electrons. The molecule has 2 heterocycles. The van der Waals surface area contributed by atoms with Gasteiger partial charge in [0.25, 0.3) is 5.91 Å². The van der Waals surface area contributed by atoms with Gasteiger partial charge in [-0.05, 0) is 49.4 Å². The number of rotatable bonds is 4. The van der Waals surface area contributed by atoms with Gasteiger partial charge in [-0.1, -0.05) is 6.07 Å². The van der Waals surface area contributed by atoms with Gasteiger partial charge in [0, 0.05) is 35.5 Å². The van der Waals surface area contributed by atoms with Crippen LogP contribution in [0.5, 0.6) is 11.6 Å². The summed E-state index contributed by atoms with van der Waals surface area (Å²) < 4.78 is 11.6. The van der Waals surface area contributed by atoms with Gasteiger partial charge in [-0.3, -0.25) is 4.79 Å². The van der Waals surface area contributed by atoms with Crippen LogP contribution in [-0.2, 0) is 4.79 Å². The van der Waals surface area contributed by atoms with E-state index in [2.05, 4.69) is 15.5 Å². The Bertz CT molecular complexity index is 830. The zero-order valence-electron chi connectivity index (χ0n) is 14.9. The molecule has 7 heteroatoms. The molecule has 2 aromatic rings. The lowest BCUT2D eigenvalue weighted by atomic mass is 9.87. The smallest absolute Gasteiger partial charge is 0.289 e. The molecule has 0 saturated heterocycles. The molecule has 1 aromatic heterocycles. The number of hydrogen-bond donors (Lipinski definition) is 1. The number of anilines is 1. The summed E-state index contributed by atoms with van der Waals surface area (Å²) in [7, 11) is 0. The third kappa shape index (κ3) is 3.92. The van der Waals surface area contributed by atoms with Crippen LogP contribution in [0, 0.1) is 10.8 Å². The van der Waals surface area contributed by atoms with E-state index in [1.54, 1.807) is 6.20 Å². The zero-order valence-corrected chi connectivity index (χ0v) is 14.9. The van der Waals surface area contributed by atoms with Crippen molar-refractivity contribution < 1.29 is 14.3 Å². The fourth-order valence-corrected chi connectivity index (χ4v) is 3.61. The number of nitrogens with zero attached hydrogens (tertiary/aromatic N) is 2. The number of benzene rings is 1. The lowest BCUT2D eigenvalue weighted by Crippen LogP contribution is -2.27. The van der Waals surface area contributed by atoms with Gasteiger partial charge in [0.1, 0.15) is 18.5 Å². The first-order valence-electron chi connectivity index (χ1n) is 9.24. The molecule has 140 valence electrons. The van der Waals surface area contributed by atoms with Gasteiger partial charge >= 0.3 is 0 Å². The number of aromatic nitrogens is 1. The number of nitrogens with one attached hydrogen (secondary N) is 1. The highest BCUT2D eigenvalue weighted by molar-refractivity contribution is 5.79. The number of pyridine rings is 1. The summed E-state index contributed by atoms with van der Waals surface area (Å²) in [5.74, 6) is 0.631. The van der Waals surface area contributed by atoms with Crippen molar-refractivity contribution in [1.29, 1.82) is 0 Å². The molecule has 0 spiro atoms. The SMILES string of the molecule is O=NC(=O)C1CCC(Oc2ccc(-c3ccc4c(c3)OCCN4)cn2)CC1. The summed E-state index contributed by atoms with van der Waals surface area (Å²) in [6, 6.07) is 9.90. The van der Waals surface area contributed by atoms with Crippen LogP contribution in [0.1, 0.15) is 25.7 Å². The van der Waals surface area contributed by atoms with Crippen LogP contribution in [0.2, 0.25) is 0 Å². The summed E-state index contributed by atoms with van der Waals surface area (Å²) >= 11 is 0. The molecule has 7 nitrogen and oxygen atoms in total. The lowest BCUT2D eigenvalue weighted by molar-refractivity contribution is -0.123. The Balaban J connectivity index is 1.38. The normalized spacial score (nSPS) is 21.3. The van der Waals surface area contributed by atoms with Crippen molar-refractivity contribution in [2.75, 3.05) is 18.5 Å². The highest BCUT2D eigenvalue weighted by Gasteiger charge is 2.28. The zero-order chi connectivity index (χ0) is 18.6. The quantitative estimate of drug-likeness (QED) is 0.827. The van der Waals surface area contributed by atoms with E-state index in [-0.39, 0.29) is 12.0 Å². The molecule has 2 aliphatic rings. The van der Waals surface area contributed by atoms with Crippen LogP contribution in [0.4, 0.5) is 5.69 Å². The molecule has 1 N–H and O–H groups in total. The first-order valence-corrected chi connectivity index (χ1v) is 9.24. The van der Waals surface area contributed by atoms with Gasteiger partial charge in [-0.15, -0.1) is 4.91 Å². The van der Waals surface area contributed by atoms with Crippen molar-refractivity contribution >= 4 is 11.6 Å². The summed E-state index contributed by atoms with van der Waals surface area (Å²) in [6.07, 6.45) is 4.53. The molecule has 1 saturated carbocycles. The molecule has 0 bridgehead atoms. The van der Waals surface area contributed by atoms with Crippen LogP contribution in [0.25, 0.3) is 11.1 Å². The van der Waals surface area contributed by atoms with E-state index in [9.17, 15) is 9.70 Å². The number of hydrogen-bond acceptors (Lipinski definition) is 6. The lowest BCUT2D eigenvalue weighted by Gasteiger charge is -2.26. The minimum atomic E-state index is -0.542. The molecule has 1 aliphatic heterocycles. The van der Waals surface area contributed by atoms with E-state index in [1.165, 1.54) is 0 Å². The van der Waals surface area contributed by atoms with Gasteiger partial charge < -0.3 is 14.8 Å². The summed E-state index contributed by atoms with van der Waals surface area (Å²) in [5, 5.41) is 5.84. The Kier molecular flexibility index (Phi) is 5.00. The number of carbonyl (C=O) groups is 1. The second-order valence-corrected chi connectivity index (χ2v) is 6.89. The van der Waals surface area contributed by atoms with Crippen LogP contribution in [0.15, 0.2) is 41.7 Å². The molecular formula is C20H21N3O4. The van der Waals surface area contributed by atoms with Crippen molar-refractivity contribution in [1.82, 2.24) is 4.98 Å². The van der Waals surface area contributed by atoms with E-state index >= 15 is 0 Å². The second kappa shape index (κ2) is 7.73. The average molecular weight is 367 g/mol. The topological polar surface area (TPSA) is 89.9 Å². The Hall–Kier alpha value is -2.96. The van der Waals surface area contributed by atoms with Crippen LogP contribution in [0.3, 0.4) is 0 Å². The van der Waals surface area contributed by atoms with Crippen LogP contribution < -0.4 is 14.8 Å². The highest BCUT2D eigenvalue weighted by Crippen LogP contribution is 2.33. The Morgan fingerprint density at radius 2 is 1.96 bits per heavy atom. The van der Waals surface area contributed by atoms with Gasteiger partial charge in [0.05, 0.1) is 5.69 Å². The predicted molar refractivity (Wildman–Crippen MR) is 101 cm³/mol. The van der Waals surface area contributed by atoms with Crippen molar-refractivity contribution in [2.24, 2.45) is 11.1 Å². The monoisotopic (exact) mass is 367 g/mol. The fourth-order valence-electron chi connectivity index (χ4n) is 3.61. The molecule has 4 rings (SSSR count). The van der Waals surface area contributed by atoms with Gasteiger partial charge in [0.15, 0.2) is 0 Å². The molecule has 0 unspecified atom stereocenters. The number of ether oxygens (including phenoxy) is 2. The maximum atomic E-state index is 11.3. The highest BCUT2D eigenvalue weighted by atomic mass is 16.5. The minimum Gasteiger partial charge on any atom is -0.490 e. The Labute approximate surface area is 157 Å². The largest absolute Gasteiger partial charge is 0.490 e. The number of fused-ring (bicyclic) bond motifs is 1. The summed E-state index contributed by atoms with van der Waals surface area (Å²) in [6.45, 7) is 1.49. The third-order valence-corrected chi connectivity index (χ3v) is 5.13. The van der Waals surface area contributed by atoms with Crippen LogP contribution in [-0.4, -0.2) is 30.1 Å². The first-order chi connectivity index (χ1) is 13.2. The van der Waals surface area contributed by atoms with Gasteiger partial charge in [-0.2, -0.15) is 0 Å². The standard InChI is InChI=1S/C20H21N3O4/c24-20(23-25)13-1-5-16(6-2-13)27-19-8-4-15(12-22-19)14-3-7-17-18(11-14)26-10-9-21-17/h3-4,7-8,11-13,16,21H,1-2,5-6,9-10H2. The third-order valence-electron chi connectivity index (χ3n) is 5.13. The van der Waals surface area contributed by atoms with Crippen molar-refractivity contribution in [2.45, 2.75) is 31.8 Å². The molecule has 1 fully saturated rings. The molecule has 1 amide bonds. The Morgan fingerprint density at radius 3 is 2.70 bits per heavy atom. The first kappa shape index (κ1) is 17.5. The number of nitroso groups, excluding NO2 is 1. The minimum absolute atomic E-state index is 0.0160. The van der Waals surface area contributed by atoms with Gasteiger partial charge in [-0.25, -0.2) is 4.98 Å². The van der Waals surface area contributed by atoms with Crippen molar-refractivity contribution in [3.63, 3.8) is 0 Å².